The molecule has 0 unspecified atom stereocenters. The fourth-order valence-electron chi connectivity index (χ4n) is 3.06. The summed E-state index contributed by atoms with van der Waals surface area (Å²) in [6.45, 7) is -0.402. The van der Waals surface area contributed by atoms with Gasteiger partial charge in [-0.1, -0.05) is 6.07 Å². The van der Waals surface area contributed by atoms with Gasteiger partial charge in [-0.3, -0.25) is 14.4 Å². The standard InChI is InChI=1S/C21H20FNO4/c22-17-7-4-15(5-8-17)19(24)10-11-21(26)27-13-20(25)23-18-9-6-14-2-1-3-16(14)12-18/h4-9,12H,1-3,10-11,13H2,(H,23,25). The molecule has 1 aliphatic carbocycles. The minimum Gasteiger partial charge on any atom is -0.456 e. The van der Waals surface area contributed by atoms with Crippen molar-refractivity contribution >= 4 is 23.3 Å². The first kappa shape index (κ1) is 18.8. The Morgan fingerprint density at radius 1 is 0.963 bits per heavy atom. The number of esters is 1. The van der Waals surface area contributed by atoms with E-state index in [9.17, 15) is 18.8 Å². The zero-order chi connectivity index (χ0) is 19.2. The molecule has 0 atom stereocenters. The normalized spacial score (nSPS) is 12.3. The number of carbonyl (C=O) groups is 3. The fraction of sp³-hybridized carbons (Fsp3) is 0.286. The molecular formula is C21H20FNO4. The molecule has 0 spiro atoms. The lowest BCUT2D eigenvalue weighted by Crippen LogP contribution is -2.21. The van der Waals surface area contributed by atoms with Crippen molar-refractivity contribution in [2.45, 2.75) is 32.1 Å². The van der Waals surface area contributed by atoms with Crippen LogP contribution in [0.4, 0.5) is 10.1 Å². The maximum absolute atomic E-state index is 12.8. The number of fused-ring (bicyclic) bond motifs is 1. The van der Waals surface area contributed by atoms with Gasteiger partial charge in [-0.25, -0.2) is 4.39 Å². The van der Waals surface area contributed by atoms with E-state index in [0.29, 0.717) is 11.3 Å². The van der Waals surface area contributed by atoms with E-state index < -0.39 is 24.3 Å². The third-order valence-corrected chi connectivity index (χ3v) is 4.47. The third-order valence-electron chi connectivity index (χ3n) is 4.47. The number of hydrogen-bond acceptors (Lipinski definition) is 4. The maximum Gasteiger partial charge on any atom is 0.306 e. The Morgan fingerprint density at radius 3 is 2.48 bits per heavy atom. The topological polar surface area (TPSA) is 72.5 Å². The summed E-state index contributed by atoms with van der Waals surface area (Å²) in [4.78, 5) is 35.6. The van der Waals surface area contributed by atoms with Crippen LogP contribution < -0.4 is 5.32 Å². The van der Waals surface area contributed by atoms with Gasteiger partial charge in [-0.05, 0) is 66.8 Å². The Balaban J connectivity index is 1.40. The molecule has 3 rings (SSSR count). The van der Waals surface area contributed by atoms with Crippen molar-refractivity contribution in [2.24, 2.45) is 0 Å². The summed E-state index contributed by atoms with van der Waals surface area (Å²) in [5.74, 6) is -1.77. The minimum atomic E-state index is -0.630. The van der Waals surface area contributed by atoms with Crippen molar-refractivity contribution < 1.29 is 23.5 Å². The number of halogens is 1. The molecule has 0 aromatic heterocycles. The van der Waals surface area contributed by atoms with Gasteiger partial charge in [0.1, 0.15) is 5.82 Å². The van der Waals surface area contributed by atoms with E-state index in [1.807, 2.05) is 18.2 Å². The van der Waals surface area contributed by atoms with Crippen LogP contribution in [-0.4, -0.2) is 24.3 Å². The number of nitrogens with one attached hydrogen (secondary N) is 1. The van der Waals surface area contributed by atoms with Crippen LogP contribution in [-0.2, 0) is 27.2 Å². The van der Waals surface area contributed by atoms with E-state index in [2.05, 4.69) is 5.32 Å². The summed E-state index contributed by atoms with van der Waals surface area (Å²) in [5.41, 5.74) is 3.57. The Labute approximate surface area is 156 Å². The highest BCUT2D eigenvalue weighted by Crippen LogP contribution is 2.24. The van der Waals surface area contributed by atoms with Crippen LogP contribution in [0.1, 0.15) is 40.7 Å². The summed E-state index contributed by atoms with van der Waals surface area (Å²) in [6, 6.07) is 10.9. The number of ketones is 1. The van der Waals surface area contributed by atoms with Crippen LogP contribution in [0.3, 0.4) is 0 Å². The molecule has 0 saturated carbocycles. The second-order valence-electron chi connectivity index (χ2n) is 6.48. The molecule has 1 amide bonds. The predicted octanol–water partition coefficient (Wildman–Crippen LogP) is 3.46. The van der Waals surface area contributed by atoms with Gasteiger partial charge in [0, 0.05) is 17.7 Å². The molecule has 2 aromatic rings. The minimum absolute atomic E-state index is 0.0586. The van der Waals surface area contributed by atoms with Gasteiger partial charge in [-0.15, -0.1) is 0 Å². The summed E-state index contributed by atoms with van der Waals surface area (Å²) < 4.78 is 17.7. The third kappa shape index (κ3) is 5.23. The molecule has 2 aromatic carbocycles. The number of hydrogen-bond donors (Lipinski definition) is 1. The van der Waals surface area contributed by atoms with Crippen molar-refractivity contribution in [3.05, 3.63) is 65.0 Å². The van der Waals surface area contributed by atoms with Gasteiger partial charge in [0.15, 0.2) is 12.4 Å². The fourth-order valence-corrected chi connectivity index (χ4v) is 3.06. The Hall–Kier alpha value is -3.02. The second kappa shape index (κ2) is 8.58. The molecule has 0 radical (unpaired) electrons. The molecule has 1 aliphatic rings. The molecule has 0 bridgehead atoms. The first-order valence-corrected chi connectivity index (χ1v) is 8.87. The average molecular weight is 369 g/mol. The molecule has 1 N–H and O–H groups in total. The largest absolute Gasteiger partial charge is 0.456 e. The van der Waals surface area contributed by atoms with Gasteiger partial charge in [0.25, 0.3) is 5.91 Å². The van der Waals surface area contributed by atoms with Crippen LogP contribution in [0.15, 0.2) is 42.5 Å². The first-order valence-electron chi connectivity index (χ1n) is 8.87. The summed E-state index contributed by atoms with van der Waals surface area (Å²) in [7, 11) is 0. The molecular weight excluding hydrogens is 349 g/mol. The number of aryl methyl sites for hydroxylation is 2. The van der Waals surface area contributed by atoms with E-state index in [1.165, 1.54) is 35.4 Å². The van der Waals surface area contributed by atoms with Crippen molar-refractivity contribution in [1.82, 2.24) is 0 Å². The molecule has 0 aliphatic heterocycles. The number of rotatable bonds is 7. The molecule has 5 nitrogen and oxygen atoms in total. The molecule has 6 heteroatoms. The van der Waals surface area contributed by atoms with Crippen LogP contribution >= 0.6 is 0 Å². The number of anilines is 1. The van der Waals surface area contributed by atoms with Crippen molar-refractivity contribution in [1.29, 1.82) is 0 Å². The van der Waals surface area contributed by atoms with E-state index in [-0.39, 0.29) is 18.6 Å². The lowest BCUT2D eigenvalue weighted by Gasteiger charge is -2.08. The van der Waals surface area contributed by atoms with Crippen molar-refractivity contribution in [2.75, 3.05) is 11.9 Å². The van der Waals surface area contributed by atoms with Gasteiger partial charge >= 0.3 is 5.97 Å². The van der Waals surface area contributed by atoms with Crippen molar-refractivity contribution in [3.63, 3.8) is 0 Å². The van der Waals surface area contributed by atoms with Crippen LogP contribution in [0.25, 0.3) is 0 Å². The zero-order valence-corrected chi connectivity index (χ0v) is 14.8. The lowest BCUT2D eigenvalue weighted by molar-refractivity contribution is -0.147. The monoisotopic (exact) mass is 369 g/mol. The van der Waals surface area contributed by atoms with Crippen LogP contribution in [0.2, 0.25) is 0 Å². The second-order valence-corrected chi connectivity index (χ2v) is 6.48. The Kier molecular flexibility index (Phi) is 5.96. The molecule has 27 heavy (non-hydrogen) atoms. The highest BCUT2D eigenvalue weighted by Gasteiger charge is 2.14. The summed E-state index contributed by atoms with van der Waals surface area (Å²) in [5, 5.41) is 2.70. The van der Waals surface area contributed by atoms with E-state index in [0.717, 1.165) is 19.3 Å². The SMILES string of the molecule is O=C(COC(=O)CCC(=O)c1ccc(F)cc1)Nc1ccc2c(c1)CCC2. The molecule has 0 saturated heterocycles. The molecule has 140 valence electrons. The first-order chi connectivity index (χ1) is 13.0. The Bertz CT molecular complexity index is 861. The molecule has 0 fully saturated rings. The van der Waals surface area contributed by atoms with Crippen LogP contribution in [0.5, 0.6) is 0 Å². The lowest BCUT2D eigenvalue weighted by atomic mass is 10.1. The zero-order valence-electron chi connectivity index (χ0n) is 14.8. The van der Waals surface area contributed by atoms with Gasteiger partial charge in [0.2, 0.25) is 0 Å². The smallest absolute Gasteiger partial charge is 0.306 e. The Morgan fingerprint density at radius 2 is 1.70 bits per heavy atom. The average Bonchev–Trinajstić information content (AvgIpc) is 3.13. The number of carbonyl (C=O) groups excluding carboxylic acids is 3. The number of benzene rings is 2. The van der Waals surface area contributed by atoms with E-state index >= 15 is 0 Å². The van der Waals surface area contributed by atoms with E-state index in [1.54, 1.807) is 0 Å². The van der Waals surface area contributed by atoms with Crippen LogP contribution in [0, 0.1) is 5.82 Å². The van der Waals surface area contributed by atoms with E-state index in [4.69, 9.17) is 4.74 Å². The van der Waals surface area contributed by atoms with Gasteiger partial charge < -0.3 is 10.1 Å². The highest BCUT2D eigenvalue weighted by atomic mass is 19.1. The summed E-state index contributed by atoms with van der Waals surface area (Å²) in [6.07, 6.45) is 3.01. The quantitative estimate of drug-likeness (QED) is 0.599. The number of ether oxygens (including phenoxy) is 1. The molecule has 0 heterocycles. The summed E-state index contributed by atoms with van der Waals surface area (Å²) >= 11 is 0. The maximum atomic E-state index is 12.8. The van der Waals surface area contributed by atoms with Crippen molar-refractivity contribution in [3.8, 4) is 0 Å². The highest BCUT2D eigenvalue weighted by molar-refractivity contribution is 5.98. The number of amides is 1. The number of Topliss-reactive ketones (excluding diaryl/α,β-unsaturated/α-hetero) is 1. The predicted molar refractivity (Wildman–Crippen MR) is 98.0 cm³/mol. The van der Waals surface area contributed by atoms with Gasteiger partial charge in [0.05, 0.1) is 6.42 Å². The van der Waals surface area contributed by atoms with Gasteiger partial charge in [-0.2, -0.15) is 0 Å².